The molecule has 2 fully saturated rings. The maximum Gasteiger partial charge on any atom is 0.264 e. The van der Waals surface area contributed by atoms with Crippen molar-refractivity contribution in [3.8, 4) is 0 Å². The molecule has 6 heteroatoms. The van der Waals surface area contributed by atoms with E-state index in [0.29, 0.717) is 32.7 Å². The van der Waals surface area contributed by atoms with Gasteiger partial charge in [0.2, 0.25) is 5.91 Å². The van der Waals surface area contributed by atoms with Crippen molar-refractivity contribution in [1.82, 2.24) is 14.7 Å². The molecule has 0 radical (unpaired) electrons. The molecule has 4 rings (SSSR count). The molecular formula is C24H31N3O2S. The zero-order valence-corrected chi connectivity index (χ0v) is 18.4. The number of benzene rings is 1. The quantitative estimate of drug-likeness (QED) is 0.713. The van der Waals surface area contributed by atoms with Gasteiger partial charge < -0.3 is 9.80 Å². The second kappa shape index (κ2) is 10.2. The van der Waals surface area contributed by atoms with Gasteiger partial charge >= 0.3 is 0 Å². The van der Waals surface area contributed by atoms with Crippen LogP contribution in [0.25, 0.3) is 0 Å². The Balaban J connectivity index is 1.15. The van der Waals surface area contributed by atoms with Crippen molar-refractivity contribution in [3.05, 3.63) is 58.3 Å². The number of carbonyl (C=O) groups is 2. The van der Waals surface area contributed by atoms with Gasteiger partial charge in [-0.05, 0) is 61.7 Å². The van der Waals surface area contributed by atoms with E-state index in [0.717, 1.165) is 30.3 Å². The predicted molar refractivity (Wildman–Crippen MR) is 121 cm³/mol. The molecule has 160 valence electrons. The lowest BCUT2D eigenvalue weighted by Crippen LogP contribution is -2.53. The second-order valence-electron chi connectivity index (χ2n) is 8.39. The van der Waals surface area contributed by atoms with Crippen molar-refractivity contribution in [2.45, 2.75) is 25.7 Å². The minimum atomic E-state index is 0.0923. The lowest BCUT2D eigenvalue weighted by Gasteiger charge is -2.37. The van der Waals surface area contributed by atoms with E-state index >= 15 is 0 Å². The van der Waals surface area contributed by atoms with Gasteiger partial charge in [-0.1, -0.05) is 36.4 Å². The summed E-state index contributed by atoms with van der Waals surface area (Å²) in [6.07, 6.45) is 4.76. The molecule has 0 atom stereocenters. The molecule has 2 aromatic rings. The maximum atomic E-state index is 12.7. The first-order chi connectivity index (χ1) is 14.7. The van der Waals surface area contributed by atoms with E-state index in [1.165, 1.54) is 36.2 Å². The molecule has 0 N–H and O–H groups in total. The number of thiophene rings is 1. The minimum Gasteiger partial charge on any atom is -0.338 e. The minimum absolute atomic E-state index is 0.0923. The Bertz CT molecular complexity index is 808. The van der Waals surface area contributed by atoms with Crippen LogP contribution in [0.4, 0.5) is 0 Å². The van der Waals surface area contributed by atoms with Gasteiger partial charge in [-0.15, -0.1) is 11.3 Å². The number of nitrogens with zero attached hydrogens (tertiary/aromatic N) is 3. The summed E-state index contributed by atoms with van der Waals surface area (Å²) in [7, 11) is 0. The Morgan fingerprint density at radius 1 is 0.867 bits per heavy atom. The average Bonchev–Trinajstić information content (AvgIpc) is 3.34. The second-order valence-corrected chi connectivity index (χ2v) is 9.34. The summed E-state index contributed by atoms with van der Waals surface area (Å²) < 4.78 is 0. The van der Waals surface area contributed by atoms with Crippen molar-refractivity contribution >= 4 is 23.2 Å². The highest BCUT2D eigenvalue weighted by Gasteiger charge is 2.27. The number of hydrogen-bond acceptors (Lipinski definition) is 4. The fraction of sp³-hybridized carbons (Fsp3) is 0.500. The van der Waals surface area contributed by atoms with Crippen LogP contribution in [0.1, 0.15) is 34.5 Å². The highest BCUT2D eigenvalue weighted by Crippen LogP contribution is 2.22. The molecule has 2 saturated heterocycles. The average molecular weight is 426 g/mol. The fourth-order valence-corrected chi connectivity index (χ4v) is 5.15. The first-order valence-corrected chi connectivity index (χ1v) is 11.9. The number of hydrogen-bond donors (Lipinski definition) is 0. The van der Waals surface area contributed by atoms with E-state index in [2.05, 4.69) is 35.2 Å². The number of carbonyl (C=O) groups excluding carboxylic acids is 2. The molecular weight excluding hydrogens is 394 g/mol. The van der Waals surface area contributed by atoms with Gasteiger partial charge in [0.15, 0.2) is 0 Å². The standard InChI is InChI=1S/C24H31N3O2S/c28-23(26-14-16-27(17-15-26)24(29)22-7-4-18-30-22)19-25-12-10-21(11-13-25)9-8-20-5-2-1-3-6-20/h1-7,18,21H,8-17,19H2. The summed E-state index contributed by atoms with van der Waals surface area (Å²) in [5.41, 5.74) is 1.42. The van der Waals surface area contributed by atoms with Crippen LogP contribution < -0.4 is 0 Å². The Hall–Kier alpha value is -2.18. The number of amides is 2. The molecule has 2 aliphatic rings. The monoisotopic (exact) mass is 425 g/mol. The smallest absolute Gasteiger partial charge is 0.264 e. The highest BCUT2D eigenvalue weighted by atomic mass is 32.1. The van der Waals surface area contributed by atoms with Gasteiger partial charge in [-0.3, -0.25) is 14.5 Å². The molecule has 1 aromatic carbocycles. The normalized spacial score (nSPS) is 18.5. The molecule has 1 aromatic heterocycles. The first-order valence-electron chi connectivity index (χ1n) is 11.1. The largest absolute Gasteiger partial charge is 0.338 e. The van der Waals surface area contributed by atoms with Crippen LogP contribution in [0.15, 0.2) is 47.8 Å². The number of rotatable bonds is 6. The van der Waals surface area contributed by atoms with E-state index in [9.17, 15) is 9.59 Å². The Kier molecular flexibility index (Phi) is 7.18. The van der Waals surface area contributed by atoms with Crippen LogP contribution in [0, 0.1) is 5.92 Å². The number of piperazine rings is 1. The van der Waals surface area contributed by atoms with Gasteiger partial charge in [0.1, 0.15) is 0 Å². The third-order valence-corrected chi connectivity index (χ3v) is 7.26. The van der Waals surface area contributed by atoms with Crippen molar-refractivity contribution in [3.63, 3.8) is 0 Å². The topological polar surface area (TPSA) is 43.9 Å². The highest BCUT2D eigenvalue weighted by molar-refractivity contribution is 7.12. The Labute approximate surface area is 183 Å². The zero-order valence-electron chi connectivity index (χ0n) is 17.5. The van der Waals surface area contributed by atoms with Crippen LogP contribution in [-0.2, 0) is 11.2 Å². The van der Waals surface area contributed by atoms with Crippen LogP contribution in [0.5, 0.6) is 0 Å². The van der Waals surface area contributed by atoms with Gasteiger partial charge in [0.05, 0.1) is 11.4 Å². The number of likely N-dealkylation sites (tertiary alicyclic amines) is 1. The summed E-state index contributed by atoms with van der Waals surface area (Å²) >= 11 is 1.48. The van der Waals surface area contributed by atoms with E-state index < -0.39 is 0 Å². The molecule has 5 nitrogen and oxygen atoms in total. The number of piperidine rings is 1. The Morgan fingerprint density at radius 3 is 2.23 bits per heavy atom. The lowest BCUT2D eigenvalue weighted by molar-refractivity contribution is -0.134. The lowest BCUT2D eigenvalue weighted by atomic mass is 9.90. The summed E-state index contributed by atoms with van der Waals surface area (Å²) in [6.45, 7) is 5.09. The molecule has 0 bridgehead atoms. The van der Waals surface area contributed by atoms with Gasteiger partial charge in [0, 0.05) is 26.2 Å². The number of aryl methyl sites for hydroxylation is 1. The van der Waals surface area contributed by atoms with Crippen LogP contribution >= 0.6 is 11.3 Å². The molecule has 0 saturated carbocycles. The zero-order chi connectivity index (χ0) is 20.8. The molecule has 3 heterocycles. The van der Waals surface area contributed by atoms with Gasteiger partial charge in [-0.25, -0.2) is 0 Å². The van der Waals surface area contributed by atoms with Gasteiger partial charge in [0.25, 0.3) is 5.91 Å². The van der Waals surface area contributed by atoms with Gasteiger partial charge in [-0.2, -0.15) is 0 Å². The molecule has 2 aliphatic heterocycles. The fourth-order valence-electron chi connectivity index (χ4n) is 4.46. The summed E-state index contributed by atoms with van der Waals surface area (Å²) in [5.74, 6) is 1.07. The molecule has 2 amide bonds. The van der Waals surface area contributed by atoms with Crippen molar-refractivity contribution < 1.29 is 9.59 Å². The predicted octanol–water partition coefficient (Wildman–Crippen LogP) is 3.38. The first kappa shape index (κ1) is 21.1. The molecule has 0 unspecified atom stereocenters. The van der Waals surface area contributed by atoms with Crippen molar-refractivity contribution in [2.75, 3.05) is 45.8 Å². The van der Waals surface area contributed by atoms with Crippen LogP contribution in [0.2, 0.25) is 0 Å². The molecule has 0 aliphatic carbocycles. The van der Waals surface area contributed by atoms with Crippen LogP contribution in [0.3, 0.4) is 0 Å². The summed E-state index contributed by atoms with van der Waals surface area (Å²) in [5, 5.41) is 1.93. The van der Waals surface area contributed by atoms with Crippen molar-refractivity contribution in [2.24, 2.45) is 5.92 Å². The van der Waals surface area contributed by atoms with Crippen LogP contribution in [-0.4, -0.2) is 72.3 Å². The summed E-state index contributed by atoms with van der Waals surface area (Å²) in [4.78, 5) is 32.1. The Morgan fingerprint density at radius 2 is 1.57 bits per heavy atom. The molecule has 0 spiro atoms. The SMILES string of the molecule is O=C(CN1CCC(CCc2ccccc2)CC1)N1CCN(C(=O)c2cccs2)CC1. The van der Waals surface area contributed by atoms with E-state index in [4.69, 9.17) is 0 Å². The molecule has 30 heavy (non-hydrogen) atoms. The summed E-state index contributed by atoms with van der Waals surface area (Å²) in [6, 6.07) is 14.5. The third kappa shape index (κ3) is 5.49. The third-order valence-electron chi connectivity index (χ3n) is 6.40. The van der Waals surface area contributed by atoms with E-state index in [-0.39, 0.29) is 11.8 Å². The van der Waals surface area contributed by atoms with Crippen molar-refractivity contribution in [1.29, 1.82) is 0 Å². The van der Waals surface area contributed by atoms with E-state index in [1.807, 2.05) is 27.3 Å². The van der Waals surface area contributed by atoms with E-state index in [1.54, 1.807) is 0 Å². The maximum absolute atomic E-state index is 12.7.